The summed E-state index contributed by atoms with van der Waals surface area (Å²) in [7, 11) is 1.92. The Hall–Kier alpha value is -1.66. The van der Waals surface area contributed by atoms with E-state index < -0.39 is 0 Å². The van der Waals surface area contributed by atoms with E-state index in [1.165, 1.54) is 0 Å². The zero-order valence-corrected chi connectivity index (χ0v) is 13.8. The molecule has 0 aromatic carbocycles. The number of hydrogen-bond donors (Lipinski definition) is 0. The molecule has 0 spiro atoms. The third-order valence-electron chi connectivity index (χ3n) is 3.91. The quantitative estimate of drug-likeness (QED) is 0.849. The van der Waals surface area contributed by atoms with Crippen molar-refractivity contribution in [2.45, 2.75) is 25.8 Å². The van der Waals surface area contributed by atoms with Gasteiger partial charge >= 0.3 is 0 Å². The Morgan fingerprint density at radius 3 is 3.14 bits per heavy atom. The van der Waals surface area contributed by atoms with E-state index >= 15 is 0 Å². The molecule has 0 saturated heterocycles. The first-order valence-electron chi connectivity index (χ1n) is 7.57. The van der Waals surface area contributed by atoms with Crippen LogP contribution in [0.3, 0.4) is 0 Å². The highest BCUT2D eigenvalue weighted by Crippen LogP contribution is 2.28. The summed E-state index contributed by atoms with van der Waals surface area (Å²) in [5, 5.41) is 6.57. The van der Waals surface area contributed by atoms with Crippen LogP contribution in [0.4, 0.5) is 0 Å². The van der Waals surface area contributed by atoms with Crippen LogP contribution in [0.2, 0.25) is 0 Å². The SMILES string of the molecule is CCOC[C@@H]1CN(C(=O)Cc2cccs2)Cc2cn(C)nc21. The van der Waals surface area contributed by atoms with Crippen LogP contribution in [-0.4, -0.2) is 40.3 Å². The van der Waals surface area contributed by atoms with Gasteiger partial charge in [-0.05, 0) is 18.4 Å². The number of carbonyl (C=O) groups excluding carboxylic acids is 1. The van der Waals surface area contributed by atoms with E-state index in [1.54, 1.807) is 11.3 Å². The Bertz CT molecular complexity index is 636. The first kappa shape index (κ1) is 15.2. The van der Waals surface area contributed by atoms with Crippen LogP contribution in [0.15, 0.2) is 23.7 Å². The van der Waals surface area contributed by atoms with E-state index in [4.69, 9.17) is 4.74 Å². The summed E-state index contributed by atoms with van der Waals surface area (Å²) < 4.78 is 7.42. The fraction of sp³-hybridized carbons (Fsp3) is 0.500. The molecule has 2 aromatic heterocycles. The molecule has 0 bridgehead atoms. The van der Waals surface area contributed by atoms with Crippen molar-refractivity contribution in [3.8, 4) is 0 Å². The summed E-state index contributed by atoms with van der Waals surface area (Å²) in [5.41, 5.74) is 2.22. The highest BCUT2D eigenvalue weighted by atomic mass is 32.1. The standard InChI is InChI=1S/C16H21N3O2S/c1-3-21-11-13-10-19(9-12-8-18(2)17-16(12)13)15(20)7-14-5-4-6-22-14/h4-6,8,13H,3,7,9-11H2,1-2H3/t13-/m0/s1. The fourth-order valence-electron chi connectivity index (χ4n) is 2.90. The number of rotatable bonds is 5. The van der Waals surface area contributed by atoms with Gasteiger partial charge in [-0.25, -0.2) is 0 Å². The molecule has 2 aromatic rings. The number of thiophene rings is 1. The minimum absolute atomic E-state index is 0.164. The number of aryl methyl sites for hydroxylation is 1. The number of fused-ring (bicyclic) bond motifs is 1. The Balaban J connectivity index is 1.75. The lowest BCUT2D eigenvalue weighted by atomic mass is 9.97. The molecule has 0 N–H and O–H groups in total. The van der Waals surface area contributed by atoms with E-state index in [0.717, 1.165) is 16.1 Å². The first-order chi connectivity index (χ1) is 10.7. The molecular formula is C16H21N3O2S. The van der Waals surface area contributed by atoms with Crippen molar-refractivity contribution in [3.05, 3.63) is 39.8 Å². The topological polar surface area (TPSA) is 47.4 Å². The summed E-state index contributed by atoms with van der Waals surface area (Å²) in [4.78, 5) is 15.6. The fourth-order valence-corrected chi connectivity index (χ4v) is 3.59. The maximum atomic E-state index is 12.6. The van der Waals surface area contributed by atoms with Crippen LogP contribution in [0.25, 0.3) is 0 Å². The zero-order chi connectivity index (χ0) is 15.5. The Kier molecular flexibility index (Phi) is 4.59. The highest BCUT2D eigenvalue weighted by Gasteiger charge is 2.30. The van der Waals surface area contributed by atoms with Crippen molar-refractivity contribution in [1.82, 2.24) is 14.7 Å². The second kappa shape index (κ2) is 6.62. The minimum Gasteiger partial charge on any atom is -0.381 e. The summed E-state index contributed by atoms with van der Waals surface area (Å²) >= 11 is 1.63. The summed E-state index contributed by atoms with van der Waals surface area (Å²) in [6.07, 6.45) is 2.49. The van der Waals surface area contributed by atoms with Gasteiger partial charge in [0.1, 0.15) is 0 Å². The predicted octanol–water partition coefficient (Wildman–Crippen LogP) is 2.19. The van der Waals surface area contributed by atoms with Gasteiger partial charge in [0.25, 0.3) is 0 Å². The predicted molar refractivity (Wildman–Crippen MR) is 85.9 cm³/mol. The number of hydrogen-bond acceptors (Lipinski definition) is 4. The van der Waals surface area contributed by atoms with Crippen LogP contribution in [0.1, 0.15) is 29.0 Å². The van der Waals surface area contributed by atoms with Crippen molar-refractivity contribution in [2.24, 2.45) is 7.05 Å². The first-order valence-corrected chi connectivity index (χ1v) is 8.45. The highest BCUT2D eigenvalue weighted by molar-refractivity contribution is 7.10. The normalized spacial score (nSPS) is 17.5. The lowest BCUT2D eigenvalue weighted by Crippen LogP contribution is -2.40. The molecule has 118 valence electrons. The van der Waals surface area contributed by atoms with E-state index in [-0.39, 0.29) is 11.8 Å². The molecule has 0 fully saturated rings. The molecule has 0 saturated carbocycles. The molecular weight excluding hydrogens is 298 g/mol. The molecule has 1 amide bonds. The summed E-state index contributed by atoms with van der Waals surface area (Å²) in [6, 6.07) is 4.00. The van der Waals surface area contributed by atoms with Crippen molar-refractivity contribution < 1.29 is 9.53 Å². The van der Waals surface area contributed by atoms with Crippen molar-refractivity contribution >= 4 is 17.2 Å². The average molecular weight is 319 g/mol. The number of aromatic nitrogens is 2. The molecule has 1 aliphatic heterocycles. The number of amides is 1. The minimum atomic E-state index is 0.164. The van der Waals surface area contributed by atoms with E-state index in [1.807, 2.05) is 47.3 Å². The van der Waals surface area contributed by atoms with Gasteiger partial charge in [-0.2, -0.15) is 5.10 Å². The van der Waals surface area contributed by atoms with Gasteiger partial charge in [0.15, 0.2) is 0 Å². The van der Waals surface area contributed by atoms with E-state index in [0.29, 0.717) is 32.7 Å². The molecule has 1 aliphatic rings. The van der Waals surface area contributed by atoms with Crippen LogP contribution in [0, 0.1) is 0 Å². The lowest BCUT2D eigenvalue weighted by molar-refractivity contribution is -0.132. The third kappa shape index (κ3) is 3.23. The van der Waals surface area contributed by atoms with Crippen LogP contribution in [-0.2, 0) is 29.5 Å². The van der Waals surface area contributed by atoms with Crippen LogP contribution in [0.5, 0.6) is 0 Å². The van der Waals surface area contributed by atoms with Gasteiger partial charge < -0.3 is 9.64 Å². The molecule has 0 aliphatic carbocycles. The Morgan fingerprint density at radius 2 is 2.41 bits per heavy atom. The summed E-state index contributed by atoms with van der Waals surface area (Å²) in [5.74, 6) is 0.343. The molecule has 1 atom stereocenters. The van der Waals surface area contributed by atoms with Gasteiger partial charge in [0, 0.05) is 49.3 Å². The Labute approximate surface area is 134 Å². The molecule has 5 nitrogen and oxygen atoms in total. The second-order valence-corrected chi connectivity index (χ2v) is 6.63. The maximum Gasteiger partial charge on any atom is 0.228 e. The monoisotopic (exact) mass is 319 g/mol. The second-order valence-electron chi connectivity index (χ2n) is 5.60. The van der Waals surface area contributed by atoms with Crippen LogP contribution < -0.4 is 0 Å². The number of ether oxygens (including phenoxy) is 1. The molecule has 0 radical (unpaired) electrons. The van der Waals surface area contributed by atoms with Crippen molar-refractivity contribution in [3.63, 3.8) is 0 Å². The van der Waals surface area contributed by atoms with Crippen molar-refractivity contribution in [1.29, 1.82) is 0 Å². The van der Waals surface area contributed by atoms with Gasteiger partial charge in [-0.1, -0.05) is 6.07 Å². The van der Waals surface area contributed by atoms with Crippen LogP contribution >= 0.6 is 11.3 Å². The van der Waals surface area contributed by atoms with Gasteiger partial charge in [-0.3, -0.25) is 9.48 Å². The van der Waals surface area contributed by atoms with Crippen molar-refractivity contribution in [2.75, 3.05) is 19.8 Å². The number of carbonyl (C=O) groups is 1. The average Bonchev–Trinajstić information content (AvgIpc) is 3.12. The van der Waals surface area contributed by atoms with E-state index in [2.05, 4.69) is 5.10 Å². The maximum absolute atomic E-state index is 12.6. The molecule has 0 unspecified atom stereocenters. The summed E-state index contributed by atoms with van der Waals surface area (Å²) in [6.45, 7) is 4.62. The van der Waals surface area contributed by atoms with Gasteiger partial charge in [-0.15, -0.1) is 11.3 Å². The molecule has 3 rings (SSSR count). The third-order valence-corrected chi connectivity index (χ3v) is 4.78. The largest absolute Gasteiger partial charge is 0.381 e. The Morgan fingerprint density at radius 1 is 1.55 bits per heavy atom. The molecule has 6 heteroatoms. The smallest absolute Gasteiger partial charge is 0.228 e. The zero-order valence-electron chi connectivity index (χ0n) is 13.0. The number of nitrogens with zero attached hydrogens (tertiary/aromatic N) is 3. The van der Waals surface area contributed by atoms with E-state index in [9.17, 15) is 4.79 Å². The molecule has 3 heterocycles. The van der Waals surface area contributed by atoms with Gasteiger partial charge in [0.2, 0.25) is 5.91 Å². The molecule has 22 heavy (non-hydrogen) atoms. The lowest BCUT2D eigenvalue weighted by Gasteiger charge is -2.31. The van der Waals surface area contributed by atoms with Gasteiger partial charge in [0.05, 0.1) is 18.7 Å².